The average molecular weight is 387 g/mol. The summed E-state index contributed by atoms with van der Waals surface area (Å²) in [4.78, 5) is 26.6. The highest BCUT2D eigenvalue weighted by Gasteiger charge is 2.24. The first kappa shape index (κ1) is 18.6. The Bertz CT molecular complexity index is 993. The van der Waals surface area contributed by atoms with Gasteiger partial charge < -0.3 is 20.3 Å². The third-order valence-corrected chi connectivity index (χ3v) is 4.72. The van der Waals surface area contributed by atoms with E-state index in [1.165, 1.54) is 0 Å². The van der Waals surface area contributed by atoms with Crippen LogP contribution in [0.5, 0.6) is 0 Å². The molecule has 4 rings (SSSR count). The monoisotopic (exact) mass is 387 g/mol. The fourth-order valence-corrected chi connectivity index (χ4v) is 3.34. The van der Waals surface area contributed by atoms with Gasteiger partial charge in [-0.15, -0.1) is 0 Å². The Morgan fingerprint density at radius 3 is 2.31 bits per heavy atom. The number of nitrogens with zero attached hydrogens (tertiary/aromatic N) is 1. The number of benzene rings is 3. The maximum Gasteiger partial charge on any atom is 0.416 e. The van der Waals surface area contributed by atoms with Crippen LogP contribution in [0.25, 0.3) is 0 Å². The zero-order valence-corrected chi connectivity index (χ0v) is 15.7. The van der Waals surface area contributed by atoms with Crippen molar-refractivity contribution in [3.05, 3.63) is 90.5 Å². The van der Waals surface area contributed by atoms with Crippen molar-refractivity contribution in [1.82, 2.24) is 5.32 Å². The molecule has 0 spiro atoms. The third-order valence-electron chi connectivity index (χ3n) is 4.72. The van der Waals surface area contributed by atoms with E-state index in [0.29, 0.717) is 18.5 Å². The van der Waals surface area contributed by atoms with Gasteiger partial charge in [-0.05, 0) is 36.4 Å². The summed E-state index contributed by atoms with van der Waals surface area (Å²) in [5.74, 6) is -0.678. The molecule has 6 heteroatoms. The van der Waals surface area contributed by atoms with Crippen LogP contribution in [0.2, 0.25) is 0 Å². The molecular formula is C23H21N3O3. The Kier molecular flexibility index (Phi) is 5.42. The van der Waals surface area contributed by atoms with Crippen LogP contribution in [0.1, 0.15) is 16.8 Å². The van der Waals surface area contributed by atoms with Crippen LogP contribution in [0.4, 0.5) is 21.9 Å². The van der Waals surface area contributed by atoms with E-state index in [0.717, 1.165) is 17.1 Å². The van der Waals surface area contributed by atoms with Crippen LogP contribution in [-0.4, -0.2) is 24.8 Å². The number of amides is 1. The molecule has 1 heterocycles. The average Bonchev–Trinajstić information content (AvgIpc) is 2.94. The summed E-state index contributed by atoms with van der Waals surface area (Å²) in [5.41, 5.74) is 3.33. The van der Waals surface area contributed by atoms with E-state index in [1.807, 2.05) is 42.5 Å². The smallest absolute Gasteiger partial charge is 0.372 e. The minimum absolute atomic E-state index is 0.331. The molecule has 1 unspecified atom stereocenters. The Morgan fingerprint density at radius 1 is 0.897 bits per heavy atom. The summed E-state index contributed by atoms with van der Waals surface area (Å²) < 4.78 is 4.94. The van der Waals surface area contributed by atoms with Gasteiger partial charge >= 0.3 is 12.1 Å². The maximum absolute atomic E-state index is 12.3. The molecule has 1 aliphatic rings. The summed E-state index contributed by atoms with van der Waals surface area (Å²) in [6.07, 6.45) is -0.527. The van der Waals surface area contributed by atoms with Crippen LogP contribution >= 0.6 is 0 Å². The number of carbonyl (C=O) groups excluding carboxylic acids is 2. The fraction of sp³-hybridized carbons (Fsp3) is 0.130. The van der Waals surface area contributed by atoms with Gasteiger partial charge in [0.25, 0.3) is 0 Å². The molecule has 0 fully saturated rings. The van der Waals surface area contributed by atoms with E-state index >= 15 is 0 Å². The molecule has 29 heavy (non-hydrogen) atoms. The SMILES string of the molecule is O=C(NC1CCN(c2ccccc2)c2ccccc2N1)OC(=O)c1ccccc1. The summed E-state index contributed by atoms with van der Waals surface area (Å²) in [5, 5.41) is 6.09. The van der Waals surface area contributed by atoms with Crippen LogP contribution in [0, 0.1) is 0 Å². The molecule has 3 aromatic rings. The number of nitrogens with one attached hydrogen (secondary N) is 2. The number of hydrogen-bond acceptors (Lipinski definition) is 5. The van der Waals surface area contributed by atoms with Crippen LogP contribution < -0.4 is 15.5 Å². The molecule has 6 nitrogen and oxygen atoms in total. The predicted octanol–water partition coefficient (Wildman–Crippen LogP) is 4.53. The molecule has 0 saturated heterocycles. The van der Waals surface area contributed by atoms with Crippen molar-refractivity contribution in [1.29, 1.82) is 0 Å². The Balaban J connectivity index is 1.47. The van der Waals surface area contributed by atoms with Crippen molar-refractivity contribution < 1.29 is 14.3 Å². The Hall–Kier alpha value is -3.80. The van der Waals surface area contributed by atoms with Gasteiger partial charge in [-0.3, -0.25) is 0 Å². The summed E-state index contributed by atoms with van der Waals surface area (Å²) in [6, 6.07) is 26.4. The molecular weight excluding hydrogens is 366 g/mol. The zero-order chi connectivity index (χ0) is 20.1. The second-order valence-electron chi connectivity index (χ2n) is 6.68. The van der Waals surface area contributed by atoms with Crippen LogP contribution in [-0.2, 0) is 4.74 Å². The van der Waals surface area contributed by atoms with Crippen molar-refractivity contribution in [2.45, 2.75) is 12.6 Å². The highest BCUT2D eigenvalue weighted by molar-refractivity contribution is 5.96. The van der Waals surface area contributed by atoms with Crippen molar-refractivity contribution >= 4 is 29.1 Å². The first-order chi connectivity index (χ1) is 14.2. The first-order valence-electron chi connectivity index (χ1n) is 9.46. The molecule has 0 radical (unpaired) electrons. The number of ether oxygens (including phenoxy) is 1. The van der Waals surface area contributed by atoms with E-state index < -0.39 is 12.1 Å². The van der Waals surface area contributed by atoms with E-state index in [4.69, 9.17) is 4.74 Å². The largest absolute Gasteiger partial charge is 0.416 e. The first-order valence-corrected chi connectivity index (χ1v) is 9.46. The lowest BCUT2D eigenvalue weighted by molar-refractivity contribution is 0.0618. The van der Waals surface area contributed by atoms with Crippen molar-refractivity contribution in [2.75, 3.05) is 16.8 Å². The van der Waals surface area contributed by atoms with E-state index in [2.05, 4.69) is 27.7 Å². The quantitative estimate of drug-likeness (QED) is 0.510. The lowest BCUT2D eigenvalue weighted by Crippen LogP contribution is -2.42. The molecule has 1 amide bonds. The molecule has 0 aromatic heterocycles. The number of esters is 1. The van der Waals surface area contributed by atoms with Crippen molar-refractivity contribution in [2.24, 2.45) is 0 Å². The zero-order valence-electron chi connectivity index (χ0n) is 15.7. The number of alkyl carbamates (subject to hydrolysis) is 1. The Morgan fingerprint density at radius 2 is 1.55 bits per heavy atom. The number of hydrogen-bond donors (Lipinski definition) is 2. The maximum atomic E-state index is 12.3. The topological polar surface area (TPSA) is 70.7 Å². The van der Waals surface area contributed by atoms with Gasteiger partial charge in [-0.2, -0.15) is 0 Å². The standard InChI is InChI=1S/C23H21N3O3/c27-22(17-9-3-1-4-10-17)29-23(28)25-21-15-16-26(18-11-5-2-6-12-18)20-14-8-7-13-19(20)24-21/h1-14,21,24H,15-16H2,(H,25,28). The number of para-hydroxylation sites is 3. The summed E-state index contributed by atoms with van der Waals surface area (Å²) in [7, 11) is 0. The van der Waals surface area contributed by atoms with Gasteiger partial charge in [0.05, 0.1) is 16.9 Å². The number of fused-ring (bicyclic) bond motifs is 1. The number of anilines is 3. The number of carbonyl (C=O) groups is 2. The van der Waals surface area contributed by atoms with Gasteiger partial charge in [0.15, 0.2) is 0 Å². The van der Waals surface area contributed by atoms with Gasteiger partial charge in [0.1, 0.15) is 6.17 Å². The van der Waals surface area contributed by atoms with Gasteiger partial charge in [-0.25, -0.2) is 9.59 Å². The molecule has 1 aliphatic heterocycles. The van der Waals surface area contributed by atoms with Gasteiger partial charge in [-0.1, -0.05) is 48.5 Å². The molecule has 0 aliphatic carbocycles. The van der Waals surface area contributed by atoms with Crippen molar-refractivity contribution in [3.8, 4) is 0 Å². The third kappa shape index (κ3) is 4.38. The van der Waals surface area contributed by atoms with E-state index in [9.17, 15) is 9.59 Å². The number of rotatable bonds is 3. The molecule has 0 saturated carbocycles. The summed E-state index contributed by atoms with van der Waals surface area (Å²) in [6.45, 7) is 0.686. The van der Waals surface area contributed by atoms with Gasteiger partial charge in [0.2, 0.25) is 0 Å². The predicted molar refractivity (Wildman–Crippen MR) is 112 cm³/mol. The second kappa shape index (κ2) is 8.48. The highest BCUT2D eigenvalue weighted by atomic mass is 16.6. The van der Waals surface area contributed by atoms with Crippen LogP contribution in [0.15, 0.2) is 84.9 Å². The molecule has 1 atom stereocenters. The highest BCUT2D eigenvalue weighted by Crippen LogP contribution is 2.34. The minimum atomic E-state index is -0.776. The lowest BCUT2D eigenvalue weighted by Gasteiger charge is -2.24. The van der Waals surface area contributed by atoms with E-state index in [1.54, 1.807) is 30.3 Å². The fourth-order valence-electron chi connectivity index (χ4n) is 3.34. The molecule has 3 aromatic carbocycles. The minimum Gasteiger partial charge on any atom is -0.372 e. The molecule has 0 bridgehead atoms. The molecule has 146 valence electrons. The normalized spacial score (nSPS) is 15.4. The summed E-state index contributed by atoms with van der Waals surface area (Å²) >= 11 is 0. The molecule has 2 N–H and O–H groups in total. The van der Waals surface area contributed by atoms with Gasteiger partial charge in [0, 0.05) is 18.7 Å². The second-order valence-corrected chi connectivity index (χ2v) is 6.68. The van der Waals surface area contributed by atoms with Crippen molar-refractivity contribution in [3.63, 3.8) is 0 Å². The Labute approximate surface area is 169 Å². The van der Waals surface area contributed by atoms with Crippen LogP contribution in [0.3, 0.4) is 0 Å². The lowest BCUT2D eigenvalue weighted by atomic mass is 10.2. The van der Waals surface area contributed by atoms with E-state index in [-0.39, 0.29) is 6.17 Å².